The predicted molar refractivity (Wildman–Crippen MR) is 83.7 cm³/mol. The van der Waals surface area contributed by atoms with Crippen LogP contribution in [0.5, 0.6) is 5.75 Å². The second kappa shape index (κ2) is 6.75. The minimum Gasteiger partial charge on any atom is -0.495 e. The zero-order valence-electron chi connectivity index (χ0n) is 11.5. The van der Waals surface area contributed by atoms with Gasteiger partial charge in [-0.15, -0.1) is 0 Å². The van der Waals surface area contributed by atoms with Crippen LogP contribution in [0, 0.1) is 5.82 Å². The lowest BCUT2D eigenvalue weighted by molar-refractivity contribution is 0.415. The second-order valence-electron chi connectivity index (χ2n) is 4.47. The highest BCUT2D eigenvalue weighted by molar-refractivity contribution is 9.10. The lowest BCUT2D eigenvalue weighted by atomic mass is 10.0. The third-order valence-corrected chi connectivity index (χ3v) is 3.67. The molecule has 0 heterocycles. The Bertz CT molecular complexity index is 588. The fourth-order valence-electron chi connectivity index (χ4n) is 2.14. The van der Waals surface area contributed by atoms with Crippen molar-refractivity contribution >= 4 is 21.6 Å². The Morgan fingerprint density at radius 2 is 2.00 bits per heavy atom. The van der Waals surface area contributed by atoms with Crippen molar-refractivity contribution in [3.05, 3.63) is 58.3 Å². The number of halogens is 2. The second-order valence-corrected chi connectivity index (χ2v) is 5.39. The van der Waals surface area contributed by atoms with Crippen LogP contribution in [0.2, 0.25) is 0 Å². The first-order chi connectivity index (χ1) is 9.65. The average molecular weight is 338 g/mol. The molecule has 0 aliphatic rings. The van der Waals surface area contributed by atoms with Gasteiger partial charge in [0.1, 0.15) is 11.6 Å². The average Bonchev–Trinajstić information content (AvgIpc) is 2.46. The van der Waals surface area contributed by atoms with Crippen LogP contribution in [-0.2, 0) is 0 Å². The van der Waals surface area contributed by atoms with Crippen molar-refractivity contribution in [2.24, 2.45) is 0 Å². The Kier molecular flexibility index (Phi) is 5.01. The summed E-state index contributed by atoms with van der Waals surface area (Å²) in [5.41, 5.74) is 1.51. The van der Waals surface area contributed by atoms with Crippen LogP contribution in [0.25, 0.3) is 0 Å². The summed E-state index contributed by atoms with van der Waals surface area (Å²) in [6.45, 7) is 2.02. The minimum absolute atomic E-state index is 0.0978. The quantitative estimate of drug-likeness (QED) is 0.813. The molecule has 1 unspecified atom stereocenters. The van der Waals surface area contributed by atoms with Gasteiger partial charge in [-0.1, -0.05) is 41.1 Å². The van der Waals surface area contributed by atoms with Gasteiger partial charge < -0.3 is 10.1 Å². The van der Waals surface area contributed by atoms with E-state index in [0.29, 0.717) is 5.56 Å². The van der Waals surface area contributed by atoms with Crippen LogP contribution in [-0.4, -0.2) is 7.11 Å². The molecule has 0 saturated heterocycles. The molecule has 1 atom stereocenters. The highest BCUT2D eigenvalue weighted by Crippen LogP contribution is 2.32. The molecule has 0 amide bonds. The van der Waals surface area contributed by atoms with Gasteiger partial charge >= 0.3 is 0 Å². The maximum absolute atomic E-state index is 13.9. The van der Waals surface area contributed by atoms with Gasteiger partial charge in [0.05, 0.1) is 18.8 Å². The van der Waals surface area contributed by atoms with Gasteiger partial charge in [0.25, 0.3) is 0 Å². The highest BCUT2D eigenvalue weighted by atomic mass is 79.9. The third kappa shape index (κ3) is 3.31. The van der Waals surface area contributed by atoms with Crippen LogP contribution in [0.3, 0.4) is 0 Å². The predicted octanol–water partition coefficient (Wildman–Crippen LogP) is 5.16. The number of methoxy groups -OCH3 is 1. The molecule has 0 fully saturated rings. The Hall–Kier alpha value is -1.55. The van der Waals surface area contributed by atoms with E-state index in [1.54, 1.807) is 19.2 Å². The van der Waals surface area contributed by atoms with Crippen LogP contribution in [0.1, 0.15) is 24.9 Å². The maximum Gasteiger partial charge on any atom is 0.142 e. The van der Waals surface area contributed by atoms with E-state index >= 15 is 0 Å². The number of nitrogens with one attached hydrogen (secondary N) is 1. The van der Waals surface area contributed by atoms with Crippen molar-refractivity contribution in [3.8, 4) is 5.75 Å². The molecule has 106 valence electrons. The molecular weight excluding hydrogens is 321 g/mol. The molecule has 2 aromatic rings. The minimum atomic E-state index is -0.194. The summed E-state index contributed by atoms with van der Waals surface area (Å²) < 4.78 is 20.2. The van der Waals surface area contributed by atoms with E-state index in [9.17, 15) is 4.39 Å². The number of hydrogen-bond donors (Lipinski definition) is 1. The van der Waals surface area contributed by atoms with Crippen LogP contribution in [0.4, 0.5) is 10.1 Å². The molecule has 2 nitrogen and oxygen atoms in total. The molecule has 0 spiro atoms. The van der Waals surface area contributed by atoms with Crippen molar-refractivity contribution in [3.63, 3.8) is 0 Å². The van der Waals surface area contributed by atoms with Gasteiger partial charge in [-0.25, -0.2) is 4.39 Å². The van der Waals surface area contributed by atoms with Crippen molar-refractivity contribution in [1.82, 2.24) is 0 Å². The van der Waals surface area contributed by atoms with Crippen molar-refractivity contribution in [1.29, 1.82) is 0 Å². The highest BCUT2D eigenvalue weighted by Gasteiger charge is 2.15. The van der Waals surface area contributed by atoms with Gasteiger partial charge in [0.15, 0.2) is 0 Å². The molecule has 0 aliphatic heterocycles. The summed E-state index contributed by atoms with van der Waals surface area (Å²) in [6.07, 6.45) is 0.774. The summed E-state index contributed by atoms with van der Waals surface area (Å²) in [5, 5.41) is 3.35. The number of hydrogen-bond acceptors (Lipinski definition) is 2. The van der Waals surface area contributed by atoms with Gasteiger partial charge in [0.2, 0.25) is 0 Å². The molecule has 0 radical (unpaired) electrons. The van der Waals surface area contributed by atoms with E-state index in [1.165, 1.54) is 6.07 Å². The first kappa shape index (κ1) is 14.9. The van der Waals surface area contributed by atoms with Gasteiger partial charge in [-0.05, 0) is 30.7 Å². The van der Waals surface area contributed by atoms with Crippen LogP contribution < -0.4 is 10.1 Å². The molecule has 0 aromatic heterocycles. The lowest BCUT2D eigenvalue weighted by Crippen LogP contribution is -2.12. The smallest absolute Gasteiger partial charge is 0.142 e. The monoisotopic (exact) mass is 337 g/mol. The molecule has 20 heavy (non-hydrogen) atoms. The number of ether oxygens (including phenoxy) is 1. The molecular formula is C16H17BrFNO. The van der Waals surface area contributed by atoms with Crippen LogP contribution >= 0.6 is 15.9 Å². The maximum atomic E-state index is 13.9. The summed E-state index contributed by atoms with van der Waals surface area (Å²) in [7, 11) is 1.62. The molecule has 0 saturated carbocycles. The Morgan fingerprint density at radius 1 is 1.25 bits per heavy atom. The zero-order valence-corrected chi connectivity index (χ0v) is 13.1. The fourth-order valence-corrected chi connectivity index (χ4v) is 2.50. The Labute approximate surface area is 127 Å². The molecule has 1 N–H and O–H groups in total. The van der Waals surface area contributed by atoms with E-state index in [0.717, 1.165) is 22.3 Å². The molecule has 0 bridgehead atoms. The van der Waals surface area contributed by atoms with E-state index in [1.807, 2.05) is 31.2 Å². The van der Waals surface area contributed by atoms with Gasteiger partial charge in [0, 0.05) is 10.0 Å². The van der Waals surface area contributed by atoms with E-state index in [-0.39, 0.29) is 11.9 Å². The third-order valence-electron chi connectivity index (χ3n) is 3.18. The van der Waals surface area contributed by atoms with Crippen molar-refractivity contribution < 1.29 is 9.13 Å². The van der Waals surface area contributed by atoms with Crippen LogP contribution in [0.15, 0.2) is 46.9 Å². The summed E-state index contributed by atoms with van der Waals surface area (Å²) in [6, 6.07) is 12.5. The Balaban J connectivity index is 2.31. The van der Waals surface area contributed by atoms with Crippen molar-refractivity contribution in [2.45, 2.75) is 19.4 Å². The molecule has 2 rings (SSSR count). The van der Waals surface area contributed by atoms with Crippen molar-refractivity contribution in [2.75, 3.05) is 12.4 Å². The number of rotatable bonds is 5. The summed E-state index contributed by atoms with van der Waals surface area (Å²) >= 11 is 3.44. The Morgan fingerprint density at radius 3 is 2.65 bits per heavy atom. The van der Waals surface area contributed by atoms with E-state index < -0.39 is 0 Å². The first-order valence-corrected chi connectivity index (χ1v) is 7.29. The van der Waals surface area contributed by atoms with Gasteiger partial charge in [-0.3, -0.25) is 0 Å². The first-order valence-electron chi connectivity index (χ1n) is 6.50. The molecule has 0 aliphatic carbocycles. The summed E-state index contributed by atoms with van der Waals surface area (Å²) in [4.78, 5) is 0. The SMILES string of the molecule is CCC(Nc1cc(Br)ccc1OC)c1ccccc1F. The molecule has 2 aromatic carbocycles. The molecule has 4 heteroatoms. The number of benzene rings is 2. The van der Waals surface area contributed by atoms with E-state index in [4.69, 9.17) is 4.74 Å². The normalized spacial score (nSPS) is 12.0. The number of anilines is 1. The summed E-state index contributed by atoms with van der Waals surface area (Å²) in [5.74, 6) is 0.545. The topological polar surface area (TPSA) is 21.3 Å². The van der Waals surface area contributed by atoms with Gasteiger partial charge in [-0.2, -0.15) is 0 Å². The zero-order chi connectivity index (χ0) is 14.5. The van der Waals surface area contributed by atoms with E-state index in [2.05, 4.69) is 21.2 Å². The standard InChI is InChI=1S/C16H17BrFNO/c1-3-14(12-6-4-5-7-13(12)18)19-15-10-11(17)8-9-16(15)20-2/h4-10,14,19H,3H2,1-2H3. The lowest BCUT2D eigenvalue weighted by Gasteiger charge is -2.21. The largest absolute Gasteiger partial charge is 0.495 e. The fraction of sp³-hybridized carbons (Fsp3) is 0.250.